The summed E-state index contributed by atoms with van der Waals surface area (Å²) in [6.07, 6.45) is 4.65. The lowest BCUT2D eigenvalue weighted by atomic mass is 10.0. The highest BCUT2D eigenvalue weighted by atomic mass is 19.3. The molecule has 22 heavy (non-hydrogen) atoms. The fourth-order valence-corrected chi connectivity index (χ4v) is 2.38. The summed E-state index contributed by atoms with van der Waals surface area (Å²) >= 11 is 0. The number of guanidine groups is 1. The van der Waals surface area contributed by atoms with Crippen molar-refractivity contribution in [1.29, 1.82) is 0 Å². The van der Waals surface area contributed by atoms with Gasteiger partial charge in [0, 0.05) is 32.1 Å². The van der Waals surface area contributed by atoms with Crippen LogP contribution in [0.3, 0.4) is 0 Å². The second kappa shape index (κ2) is 7.53. The van der Waals surface area contributed by atoms with Crippen LogP contribution in [-0.4, -0.2) is 40.8 Å². The van der Waals surface area contributed by atoms with E-state index in [-0.39, 0.29) is 18.0 Å². The molecule has 8 heteroatoms. The molecule has 1 aromatic heterocycles. The van der Waals surface area contributed by atoms with Gasteiger partial charge in [0.1, 0.15) is 12.4 Å². The Hall–Kier alpha value is -1.70. The molecule has 0 aromatic carbocycles. The Kier molecular flexibility index (Phi) is 5.70. The molecule has 0 spiro atoms. The van der Waals surface area contributed by atoms with E-state index >= 15 is 0 Å². The van der Waals surface area contributed by atoms with Gasteiger partial charge < -0.3 is 15.4 Å². The number of rotatable bonds is 6. The van der Waals surface area contributed by atoms with E-state index in [2.05, 4.69) is 27.5 Å². The Bertz CT molecular complexity index is 497. The summed E-state index contributed by atoms with van der Waals surface area (Å²) in [5, 5.41) is 6.30. The first-order valence-electron chi connectivity index (χ1n) is 7.50. The SMILES string of the molecule is CCNC(=NCc1nccn1C(F)F)NCC1(C)CCCO1. The number of hydrogen-bond acceptors (Lipinski definition) is 3. The number of ether oxygens (including phenoxy) is 1. The van der Waals surface area contributed by atoms with Crippen LogP contribution in [0.2, 0.25) is 0 Å². The summed E-state index contributed by atoms with van der Waals surface area (Å²) in [6, 6.07) is 0. The molecule has 6 nitrogen and oxygen atoms in total. The van der Waals surface area contributed by atoms with Crippen LogP contribution >= 0.6 is 0 Å². The Morgan fingerprint density at radius 1 is 1.55 bits per heavy atom. The van der Waals surface area contributed by atoms with Gasteiger partial charge in [0.25, 0.3) is 0 Å². The number of aromatic nitrogens is 2. The van der Waals surface area contributed by atoms with Crippen LogP contribution in [0.25, 0.3) is 0 Å². The van der Waals surface area contributed by atoms with Gasteiger partial charge in [0.2, 0.25) is 0 Å². The average Bonchev–Trinajstić information content (AvgIpc) is 3.11. The van der Waals surface area contributed by atoms with E-state index in [0.29, 0.717) is 19.0 Å². The van der Waals surface area contributed by atoms with Gasteiger partial charge in [0.05, 0.1) is 5.60 Å². The first-order chi connectivity index (χ1) is 10.5. The molecule has 0 amide bonds. The standard InChI is InChI=1S/C14H23F2N5O/c1-3-17-13(20-10-14(2)5-4-8-22-14)19-9-11-18-6-7-21(11)12(15)16/h6-7,12H,3-5,8-10H2,1-2H3,(H2,17,19,20). The predicted octanol–water partition coefficient (Wildman–Crippen LogP) is 1.90. The summed E-state index contributed by atoms with van der Waals surface area (Å²) in [4.78, 5) is 8.23. The fourth-order valence-electron chi connectivity index (χ4n) is 2.38. The summed E-state index contributed by atoms with van der Waals surface area (Å²) in [7, 11) is 0. The maximum Gasteiger partial charge on any atom is 0.319 e. The molecular weight excluding hydrogens is 292 g/mol. The normalized spacial score (nSPS) is 22.3. The molecule has 0 aliphatic carbocycles. The van der Waals surface area contributed by atoms with E-state index in [9.17, 15) is 8.78 Å². The van der Waals surface area contributed by atoms with E-state index < -0.39 is 6.55 Å². The summed E-state index contributed by atoms with van der Waals surface area (Å²) in [6.45, 7) is 3.58. The van der Waals surface area contributed by atoms with Crippen LogP contribution in [0.4, 0.5) is 8.78 Å². The van der Waals surface area contributed by atoms with Crippen molar-refractivity contribution in [3.05, 3.63) is 18.2 Å². The maximum atomic E-state index is 12.8. The van der Waals surface area contributed by atoms with Crippen LogP contribution in [-0.2, 0) is 11.3 Å². The summed E-state index contributed by atoms with van der Waals surface area (Å²) in [5.74, 6) is 0.804. The van der Waals surface area contributed by atoms with Crippen molar-refractivity contribution >= 4 is 5.96 Å². The second-order valence-corrected chi connectivity index (χ2v) is 5.48. The molecule has 2 rings (SSSR count). The summed E-state index contributed by atoms with van der Waals surface area (Å²) < 4.78 is 32.0. The molecule has 2 heterocycles. The molecule has 1 unspecified atom stereocenters. The molecule has 1 atom stereocenters. The minimum Gasteiger partial charge on any atom is -0.373 e. The minimum absolute atomic E-state index is 0.0875. The van der Waals surface area contributed by atoms with E-state index in [1.807, 2.05) is 6.92 Å². The van der Waals surface area contributed by atoms with Crippen LogP contribution in [0.15, 0.2) is 17.4 Å². The van der Waals surface area contributed by atoms with Crippen molar-refractivity contribution in [3.8, 4) is 0 Å². The molecule has 0 radical (unpaired) electrons. The van der Waals surface area contributed by atoms with Crippen molar-refractivity contribution in [2.75, 3.05) is 19.7 Å². The number of halogens is 2. The van der Waals surface area contributed by atoms with E-state index in [1.165, 1.54) is 12.4 Å². The molecule has 1 aromatic rings. The number of aliphatic imine (C=N–C) groups is 1. The van der Waals surface area contributed by atoms with Crippen molar-refractivity contribution in [2.24, 2.45) is 4.99 Å². The van der Waals surface area contributed by atoms with E-state index in [4.69, 9.17) is 4.74 Å². The van der Waals surface area contributed by atoms with Gasteiger partial charge in [-0.1, -0.05) is 0 Å². The smallest absolute Gasteiger partial charge is 0.319 e. The van der Waals surface area contributed by atoms with Crippen molar-refractivity contribution in [1.82, 2.24) is 20.2 Å². The molecule has 1 aliphatic rings. The first-order valence-corrected chi connectivity index (χ1v) is 7.50. The van der Waals surface area contributed by atoms with Gasteiger partial charge in [-0.2, -0.15) is 8.78 Å². The number of nitrogens with one attached hydrogen (secondary N) is 2. The molecule has 124 valence electrons. The third-order valence-corrected chi connectivity index (χ3v) is 3.61. The molecule has 2 N–H and O–H groups in total. The lowest BCUT2D eigenvalue weighted by Crippen LogP contribution is -2.45. The maximum absolute atomic E-state index is 12.8. The molecule has 1 fully saturated rings. The van der Waals surface area contributed by atoms with Gasteiger partial charge in [-0.25, -0.2) is 9.98 Å². The monoisotopic (exact) mass is 315 g/mol. The van der Waals surface area contributed by atoms with Crippen LogP contribution < -0.4 is 10.6 Å². The topological polar surface area (TPSA) is 63.5 Å². The Morgan fingerprint density at radius 2 is 2.36 bits per heavy atom. The Labute approximate surface area is 129 Å². The Balaban J connectivity index is 1.96. The van der Waals surface area contributed by atoms with Crippen molar-refractivity contribution < 1.29 is 13.5 Å². The van der Waals surface area contributed by atoms with E-state index in [1.54, 1.807) is 0 Å². The highest BCUT2D eigenvalue weighted by Gasteiger charge is 2.29. The third-order valence-electron chi connectivity index (χ3n) is 3.61. The van der Waals surface area contributed by atoms with Crippen molar-refractivity contribution in [2.45, 2.75) is 45.4 Å². The van der Waals surface area contributed by atoms with Crippen LogP contribution in [0.5, 0.6) is 0 Å². The highest BCUT2D eigenvalue weighted by molar-refractivity contribution is 5.79. The quantitative estimate of drug-likeness (QED) is 0.622. The van der Waals surface area contributed by atoms with Gasteiger partial charge in [-0.3, -0.25) is 4.57 Å². The fraction of sp³-hybridized carbons (Fsp3) is 0.714. The Morgan fingerprint density at radius 3 is 3.00 bits per heavy atom. The average molecular weight is 315 g/mol. The molecule has 1 aliphatic heterocycles. The predicted molar refractivity (Wildman–Crippen MR) is 79.9 cm³/mol. The molecule has 0 bridgehead atoms. The van der Waals surface area contributed by atoms with Gasteiger partial charge >= 0.3 is 6.55 Å². The largest absolute Gasteiger partial charge is 0.373 e. The van der Waals surface area contributed by atoms with Crippen LogP contribution in [0, 0.1) is 0 Å². The van der Waals surface area contributed by atoms with E-state index in [0.717, 1.165) is 24.0 Å². The van der Waals surface area contributed by atoms with Gasteiger partial charge in [-0.05, 0) is 26.7 Å². The number of imidazole rings is 1. The molecular formula is C14H23F2N5O. The van der Waals surface area contributed by atoms with Gasteiger partial charge in [-0.15, -0.1) is 0 Å². The zero-order valence-corrected chi connectivity index (χ0v) is 13.0. The number of alkyl halides is 2. The second-order valence-electron chi connectivity index (χ2n) is 5.48. The third kappa shape index (κ3) is 4.40. The lowest BCUT2D eigenvalue weighted by Gasteiger charge is -2.24. The lowest BCUT2D eigenvalue weighted by molar-refractivity contribution is 0.0243. The highest BCUT2D eigenvalue weighted by Crippen LogP contribution is 2.23. The number of nitrogens with zero attached hydrogens (tertiary/aromatic N) is 3. The first kappa shape index (κ1) is 16.7. The minimum atomic E-state index is -2.60. The zero-order chi connectivity index (χ0) is 16.0. The van der Waals surface area contributed by atoms with Crippen LogP contribution in [0.1, 0.15) is 39.1 Å². The van der Waals surface area contributed by atoms with Gasteiger partial charge in [0.15, 0.2) is 5.96 Å². The number of hydrogen-bond donors (Lipinski definition) is 2. The molecule has 0 saturated carbocycles. The zero-order valence-electron chi connectivity index (χ0n) is 13.0. The van der Waals surface area contributed by atoms with Crippen molar-refractivity contribution in [3.63, 3.8) is 0 Å². The summed E-state index contributed by atoms with van der Waals surface area (Å²) in [5.41, 5.74) is -0.197. The molecule has 1 saturated heterocycles.